The van der Waals surface area contributed by atoms with Crippen LogP contribution in [-0.4, -0.2) is 51.2 Å². The fraction of sp³-hybridized carbons (Fsp3) is 0.588. The normalized spacial score (nSPS) is 16.4. The molecule has 1 aromatic rings. The summed E-state index contributed by atoms with van der Waals surface area (Å²) in [5.41, 5.74) is 1.18. The zero-order valence-corrected chi connectivity index (χ0v) is 13.8. The molecule has 1 saturated heterocycles. The van der Waals surface area contributed by atoms with Crippen molar-refractivity contribution in [3.05, 3.63) is 29.8 Å². The second kappa shape index (κ2) is 9.30. The van der Waals surface area contributed by atoms with Crippen LogP contribution in [0.5, 0.6) is 5.75 Å². The number of piperidine rings is 1. The maximum atomic E-state index is 5.24. The van der Waals surface area contributed by atoms with E-state index in [9.17, 15) is 0 Å². The largest absolute Gasteiger partial charge is 0.497 e. The van der Waals surface area contributed by atoms with E-state index in [2.05, 4.69) is 26.6 Å². The number of ether oxygens (including phenoxy) is 1. The lowest BCUT2D eigenvalue weighted by Crippen LogP contribution is -2.42. The lowest BCUT2D eigenvalue weighted by molar-refractivity contribution is 0.232. The van der Waals surface area contributed by atoms with E-state index < -0.39 is 0 Å². The Morgan fingerprint density at radius 1 is 1.23 bits per heavy atom. The molecular weight excluding hydrogens is 276 g/mol. The van der Waals surface area contributed by atoms with Gasteiger partial charge in [-0.05, 0) is 43.6 Å². The number of nitrogens with zero attached hydrogens (tertiary/aromatic N) is 2. The van der Waals surface area contributed by atoms with Gasteiger partial charge in [-0.25, -0.2) is 0 Å². The predicted octanol–water partition coefficient (Wildman–Crippen LogP) is 1.85. The summed E-state index contributed by atoms with van der Waals surface area (Å²) >= 11 is 0. The van der Waals surface area contributed by atoms with Crippen LogP contribution < -0.4 is 15.4 Å². The van der Waals surface area contributed by atoms with Gasteiger partial charge in [0.05, 0.1) is 7.11 Å². The molecule has 0 saturated carbocycles. The first-order chi connectivity index (χ1) is 10.8. The minimum atomic E-state index is 0.737. The van der Waals surface area contributed by atoms with Gasteiger partial charge in [-0.15, -0.1) is 0 Å². The van der Waals surface area contributed by atoms with Crippen LogP contribution in [0, 0.1) is 0 Å². The molecule has 5 heteroatoms. The van der Waals surface area contributed by atoms with E-state index in [1.165, 1.54) is 37.9 Å². The molecule has 5 nitrogen and oxygen atoms in total. The molecule has 0 aromatic heterocycles. The average Bonchev–Trinajstić information content (AvgIpc) is 2.59. The minimum Gasteiger partial charge on any atom is -0.497 e. The summed E-state index contributed by atoms with van der Waals surface area (Å²) < 4.78 is 5.24. The summed E-state index contributed by atoms with van der Waals surface area (Å²) in [5, 5.41) is 6.72. The summed E-state index contributed by atoms with van der Waals surface area (Å²) in [7, 11) is 3.50. The van der Waals surface area contributed by atoms with Gasteiger partial charge in [-0.1, -0.05) is 18.6 Å². The van der Waals surface area contributed by atoms with Gasteiger partial charge in [0.15, 0.2) is 5.96 Å². The van der Waals surface area contributed by atoms with Gasteiger partial charge in [0.25, 0.3) is 0 Å². The molecule has 0 spiro atoms. The Kier molecular flexibility index (Phi) is 7.03. The number of methoxy groups -OCH3 is 1. The molecule has 2 rings (SSSR count). The zero-order valence-electron chi connectivity index (χ0n) is 13.8. The molecule has 0 amide bonds. The third kappa shape index (κ3) is 5.56. The molecule has 2 N–H and O–H groups in total. The van der Waals surface area contributed by atoms with E-state index in [1.54, 1.807) is 7.11 Å². The summed E-state index contributed by atoms with van der Waals surface area (Å²) in [6.07, 6.45) is 4.05. The summed E-state index contributed by atoms with van der Waals surface area (Å²) in [5.74, 6) is 1.73. The third-order valence-corrected chi connectivity index (χ3v) is 3.99. The summed E-state index contributed by atoms with van der Waals surface area (Å²) in [6, 6.07) is 8.07. The van der Waals surface area contributed by atoms with E-state index in [4.69, 9.17) is 4.74 Å². The van der Waals surface area contributed by atoms with Crippen molar-refractivity contribution in [1.29, 1.82) is 0 Å². The number of likely N-dealkylation sites (tertiary alicyclic amines) is 1. The number of nitrogens with one attached hydrogen (secondary N) is 2. The van der Waals surface area contributed by atoms with Gasteiger partial charge in [-0.3, -0.25) is 4.99 Å². The van der Waals surface area contributed by atoms with E-state index >= 15 is 0 Å². The van der Waals surface area contributed by atoms with Crippen molar-refractivity contribution in [2.75, 3.05) is 40.3 Å². The van der Waals surface area contributed by atoms with Crippen molar-refractivity contribution in [2.45, 2.75) is 25.8 Å². The summed E-state index contributed by atoms with van der Waals surface area (Å²) in [6.45, 7) is 5.22. The van der Waals surface area contributed by atoms with Gasteiger partial charge in [0, 0.05) is 26.7 Å². The van der Waals surface area contributed by atoms with Crippen LogP contribution in [0.1, 0.15) is 24.8 Å². The molecule has 1 aliphatic rings. The number of rotatable bonds is 6. The lowest BCUT2D eigenvalue weighted by Gasteiger charge is -2.26. The molecule has 0 unspecified atom stereocenters. The van der Waals surface area contributed by atoms with E-state index in [0.29, 0.717) is 0 Å². The molecule has 22 heavy (non-hydrogen) atoms. The number of hydrogen-bond acceptors (Lipinski definition) is 3. The SMILES string of the molecule is CN=C(NCCN1CCCCC1)NCc1cccc(OC)c1. The molecule has 1 heterocycles. The van der Waals surface area contributed by atoms with Gasteiger partial charge in [0.1, 0.15) is 5.75 Å². The Morgan fingerprint density at radius 3 is 2.77 bits per heavy atom. The molecule has 1 fully saturated rings. The summed E-state index contributed by atoms with van der Waals surface area (Å²) in [4.78, 5) is 6.79. The van der Waals surface area contributed by atoms with Crippen molar-refractivity contribution in [3.63, 3.8) is 0 Å². The van der Waals surface area contributed by atoms with Crippen LogP contribution >= 0.6 is 0 Å². The van der Waals surface area contributed by atoms with Gasteiger partial charge in [0.2, 0.25) is 0 Å². The Hall–Kier alpha value is -1.75. The molecule has 1 aromatic carbocycles. The van der Waals surface area contributed by atoms with Crippen molar-refractivity contribution in [3.8, 4) is 5.75 Å². The number of benzene rings is 1. The van der Waals surface area contributed by atoms with Gasteiger partial charge in [-0.2, -0.15) is 0 Å². The fourth-order valence-corrected chi connectivity index (χ4v) is 2.70. The first kappa shape index (κ1) is 16.6. The minimum absolute atomic E-state index is 0.737. The van der Waals surface area contributed by atoms with Crippen molar-refractivity contribution < 1.29 is 4.74 Å². The molecule has 0 bridgehead atoms. The highest BCUT2D eigenvalue weighted by Gasteiger charge is 2.09. The highest BCUT2D eigenvalue weighted by molar-refractivity contribution is 5.79. The van der Waals surface area contributed by atoms with E-state index in [-0.39, 0.29) is 0 Å². The second-order valence-electron chi connectivity index (χ2n) is 5.61. The maximum absolute atomic E-state index is 5.24. The van der Waals surface area contributed by atoms with Crippen molar-refractivity contribution in [2.24, 2.45) is 4.99 Å². The monoisotopic (exact) mass is 304 g/mol. The van der Waals surface area contributed by atoms with Crippen LogP contribution in [-0.2, 0) is 6.54 Å². The standard InChI is InChI=1S/C17H28N4O/c1-18-17(19-9-12-21-10-4-3-5-11-21)20-14-15-7-6-8-16(13-15)22-2/h6-8,13H,3-5,9-12,14H2,1-2H3,(H2,18,19,20). The van der Waals surface area contributed by atoms with E-state index in [0.717, 1.165) is 31.3 Å². The second-order valence-corrected chi connectivity index (χ2v) is 5.61. The average molecular weight is 304 g/mol. The Morgan fingerprint density at radius 2 is 2.05 bits per heavy atom. The molecule has 1 aliphatic heterocycles. The smallest absolute Gasteiger partial charge is 0.191 e. The molecular formula is C17H28N4O. The number of hydrogen-bond donors (Lipinski definition) is 2. The first-order valence-corrected chi connectivity index (χ1v) is 8.11. The quantitative estimate of drug-likeness (QED) is 0.622. The van der Waals surface area contributed by atoms with Gasteiger partial charge >= 0.3 is 0 Å². The predicted molar refractivity (Wildman–Crippen MR) is 91.5 cm³/mol. The topological polar surface area (TPSA) is 48.9 Å². The Labute approximate surface area is 133 Å². The first-order valence-electron chi connectivity index (χ1n) is 8.11. The van der Waals surface area contributed by atoms with Crippen LogP contribution in [0.3, 0.4) is 0 Å². The number of guanidine groups is 1. The molecule has 0 atom stereocenters. The van der Waals surface area contributed by atoms with Gasteiger partial charge < -0.3 is 20.3 Å². The third-order valence-electron chi connectivity index (χ3n) is 3.99. The van der Waals surface area contributed by atoms with Crippen LogP contribution in [0.25, 0.3) is 0 Å². The maximum Gasteiger partial charge on any atom is 0.191 e. The van der Waals surface area contributed by atoms with Crippen LogP contribution in [0.4, 0.5) is 0 Å². The van der Waals surface area contributed by atoms with Crippen molar-refractivity contribution in [1.82, 2.24) is 15.5 Å². The molecule has 122 valence electrons. The van der Waals surface area contributed by atoms with Crippen LogP contribution in [0.2, 0.25) is 0 Å². The molecule has 0 radical (unpaired) electrons. The Bertz CT molecular complexity index is 469. The molecule has 0 aliphatic carbocycles. The highest BCUT2D eigenvalue weighted by Crippen LogP contribution is 2.12. The lowest BCUT2D eigenvalue weighted by atomic mass is 10.1. The Balaban J connectivity index is 1.70. The van der Waals surface area contributed by atoms with E-state index in [1.807, 2.05) is 25.2 Å². The zero-order chi connectivity index (χ0) is 15.6. The number of aliphatic imine (C=N–C) groups is 1. The fourth-order valence-electron chi connectivity index (χ4n) is 2.70. The highest BCUT2D eigenvalue weighted by atomic mass is 16.5. The van der Waals surface area contributed by atoms with Crippen molar-refractivity contribution >= 4 is 5.96 Å². The van der Waals surface area contributed by atoms with Crippen LogP contribution in [0.15, 0.2) is 29.3 Å².